The van der Waals surface area contributed by atoms with Crippen molar-refractivity contribution in [2.45, 2.75) is 53.4 Å². The first-order valence-corrected chi connectivity index (χ1v) is 11.6. The second kappa shape index (κ2) is 11.9. The van der Waals surface area contributed by atoms with Gasteiger partial charge < -0.3 is 10.2 Å². The summed E-state index contributed by atoms with van der Waals surface area (Å²) in [4.78, 5) is 39.4. The highest BCUT2D eigenvalue weighted by Gasteiger charge is 2.30. The number of hydrogen-bond acceptors (Lipinski definition) is 5. The fourth-order valence-electron chi connectivity index (χ4n) is 4.50. The third-order valence-corrected chi connectivity index (χ3v) is 6.64. The van der Waals surface area contributed by atoms with Gasteiger partial charge in [0.2, 0.25) is 0 Å². The Balaban J connectivity index is 2.16. The topological polar surface area (TPSA) is 66.5 Å². The van der Waals surface area contributed by atoms with Crippen LogP contribution in [-0.4, -0.2) is 44.0 Å². The number of allylic oxidation sites excluding steroid dienone is 1. The van der Waals surface area contributed by atoms with Crippen LogP contribution in [0.5, 0.6) is 0 Å². The average molecular weight is 427 g/mol. The molecule has 1 saturated heterocycles. The maximum Gasteiger partial charge on any atom is 0.166 e. The zero-order valence-corrected chi connectivity index (χ0v) is 19.6. The molecule has 0 saturated carbocycles. The van der Waals surface area contributed by atoms with Gasteiger partial charge in [0.05, 0.1) is 0 Å². The van der Waals surface area contributed by atoms with Crippen LogP contribution < -0.4 is 10.2 Å². The third kappa shape index (κ3) is 6.60. The van der Waals surface area contributed by atoms with Crippen molar-refractivity contribution in [3.8, 4) is 0 Å². The van der Waals surface area contributed by atoms with Gasteiger partial charge in [0.15, 0.2) is 12.1 Å². The van der Waals surface area contributed by atoms with E-state index in [4.69, 9.17) is 0 Å². The van der Waals surface area contributed by atoms with Gasteiger partial charge in [0, 0.05) is 61.8 Å². The Labute approximate surface area is 187 Å². The molecule has 0 bridgehead atoms. The number of carbonyl (C=O) groups excluding carboxylic acids is 3. The molecule has 1 heterocycles. The lowest BCUT2D eigenvalue weighted by Crippen LogP contribution is -2.43. The minimum absolute atomic E-state index is 0.0207. The van der Waals surface area contributed by atoms with Crippen LogP contribution in [0.1, 0.15) is 74.1 Å². The number of aldehydes is 1. The molecule has 0 amide bonds. The predicted octanol–water partition coefficient (Wildman–Crippen LogP) is 4.71. The number of nitrogens with one attached hydrogen (secondary N) is 1. The molecule has 5 heteroatoms. The molecule has 1 aliphatic rings. The largest absolute Gasteiger partial charge is 0.369 e. The van der Waals surface area contributed by atoms with Crippen LogP contribution in [0.2, 0.25) is 0 Å². The Kier molecular flexibility index (Phi) is 9.63. The second-order valence-corrected chi connectivity index (χ2v) is 8.92. The van der Waals surface area contributed by atoms with Gasteiger partial charge in [-0.15, -0.1) is 0 Å². The Bertz CT molecular complexity index is 796. The maximum absolute atomic E-state index is 13.3. The summed E-state index contributed by atoms with van der Waals surface area (Å²) in [6.45, 7) is 15.7. The van der Waals surface area contributed by atoms with Gasteiger partial charge in [0.25, 0.3) is 0 Å². The molecule has 1 aromatic carbocycles. The number of nitrogens with zero attached hydrogens (tertiary/aromatic N) is 1. The first-order chi connectivity index (χ1) is 14.8. The quantitative estimate of drug-likeness (QED) is 0.298. The molecule has 1 fully saturated rings. The molecule has 5 nitrogen and oxygen atoms in total. The highest BCUT2D eigenvalue weighted by molar-refractivity contribution is 6.04. The number of hydrogen-bond donors (Lipinski definition) is 1. The van der Waals surface area contributed by atoms with Crippen LogP contribution in [0, 0.1) is 17.8 Å². The van der Waals surface area contributed by atoms with Crippen molar-refractivity contribution in [3.05, 3.63) is 41.5 Å². The summed E-state index contributed by atoms with van der Waals surface area (Å²) < 4.78 is 0. The number of benzene rings is 1. The van der Waals surface area contributed by atoms with E-state index in [1.165, 1.54) is 0 Å². The summed E-state index contributed by atoms with van der Waals surface area (Å²) in [6, 6.07) is 5.58. The molecular weight excluding hydrogens is 388 g/mol. The summed E-state index contributed by atoms with van der Waals surface area (Å²) in [7, 11) is 0. The minimum atomic E-state index is -0.272. The van der Waals surface area contributed by atoms with E-state index in [0.29, 0.717) is 24.0 Å². The van der Waals surface area contributed by atoms with E-state index in [9.17, 15) is 14.4 Å². The standard InChI is InChI=1S/C26H38N2O3/c1-6-7-23(30)9-11-24(18(2)3)19(4)20(5)26(31)25-10-8-22(16-21(25)17-29)28-14-12-27-13-15-28/h8,10,16-17,19-20,24,27H,2,6-7,9,11-15H2,1,3-5H3. The van der Waals surface area contributed by atoms with E-state index in [-0.39, 0.29) is 29.3 Å². The number of carbonyl (C=O) groups is 3. The van der Waals surface area contributed by atoms with E-state index in [1.54, 1.807) is 6.07 Å². The summed E-state index contributed by atoms with van der Waals surface area (Å²) in [6.07, 6.45) is 3.49. The number of ketones is 2. The normalized spacial score (nSPS) is 17.0. The molecule has 0 aliphatic carbocycles. The summed E-state index contributed by atoms with van der Waals surface area (Å²) in [5.74, 6) is 0.109. The lowest BCUT2D eigenvalue weighted by molar-refractivity contribution is -0.119. The van der Waals surface area contributed by atoms with Crippen molar-refractivity contribution in [2.75, 3.05) is 31.1 Å². The van der Waals surface area contributed by atoms with E-state index in [1.807, 2.05) is 32.9 Å². The molecule has 3 atom stereocenters. The van der Waals surface area contributed by atoms with E-state index < -0.39 is 0 Å². The zero-order valence-electron chi connectivity index (χ0n) is 19.6. The van der Waals surface area contributed by atoms with Crippen LogP contribution in [0.3, 0.4) is 0 Å². The van der Waals surface area contributed by atoms with Crippen molar-refractivity contribution in [2.24, 2.45) is 17.8 Å². The molecule has 31 heavy (non-hydrogen) atoms. The maximum atomic E-state index is 13.3. The zero-order chi connectivity index (χ0) is 23.0. The highest BCUT2D eigenvalue weighted by atomic mass is 16.1. The molecule has 3 unspecified atom stereocenters. The monoisotopic (exact) mass is 426 g/mol. The smallest absolute Gasteiger partial charge is 0.166 e. The van der Waals surface area contributed by atoms with E-state index >= 15 is 0 Å². The van der Waals surface area contributed by atoms with Crippen molar-refractivity contribution in [3.63, 3.8) is 0 Å². The van der Waals surface area contributed by atoms with Crippen LogP contribution in [0.25, 0.3) is 0 Å². The van der Waals surface area contributed by atoms with Gasteiger partial charge in [-0.1, -0.05) is 32.9 Å². The van der Waals surface area contributed by atoms with E-state index in [2.05, 4.69) is 23.7 Å². The van der Waals surface area contributed by atoms with Gasteiger partial charge in [-0.2, -0.15) is 0 Å². The molecule has 1 aromatic rings. The lowest BCUT2D eigenvalue weighted by atomic mass is 9.74. The molecular formula is C26H38N2O3. The van der Waals surface area contributed by atoms with Crippen molar-refractivity contribution in [1.29, 1.82) is 0 Å². The predicted molar refractivity (Wildman–Crippen MR) is 127 cm³/mol. The Morgan fingerprint density at radius 2 is 1.87 bits per heavy atom. The molecule has 170 valence electrons. The second-order valence-electron chi connectivity index (χ2n) is 8.92. The van der Waals surface area contributed by atoms with Crippen molar-refractivity contribution < 1.29 is 14.4 Å². The van der Waals surface area contributed by atoms with Gasteiger partial charge in [0.1, 0.15) is 5.78 Å². The molecule has 0 radical (unpaired) electrons. The first-order valence-electron chi connectivity index (χ1n) is 11.6. The Hall–Kier alpha value is -2.27. The third-order valence-electron chi connectivity index (χ3n) is 6.64. The summed E-state index contributed by atoms with van der Waals surface area (Å²) >= 11 is 0. The van der Waals surface area contributed by atoms with Gasteiger partial charge in [-0.3, -0.25) is 14.4 Å². The highest BCUT2D eigenvalue weighted by Crippen LogP contribution is 2.33. The molecule has 2 rings (SSSR count). The van der Waals surface area contributed by atoms with Crippen LogP contribution in [0.15, 0.2) is 30.4 Å². The van der Waals surface area contributed by atoms with Gasteiger partial charge >= 0.3 is 0 Å². The van der Waals surface area contributed by atoms with E-state index in [0.717, 1.165) is 56.6 Å². The minimum Gasteiger partial charge on any atom is -0.369 e. The lowest BCUT2D eigenvalue weighted by Gasteiger charge is -2.30. The number of Topliss-reactive ketones (excluding diaryl/α,β-unsaturated/α-hetero) is 2. The van der Waals surface area contributed by atoms with Crippen LogP contribution in [0.4, 0.5) is 5.69 Å². The molecule has 1 N–H and O–H groups in total. The molecule has 0 spiro atoms. The summed E-state index contributed by atoms with van der Waals surface area (Å²) in [5.41, 5.74) is 2.91. The number of anilines is 1. The van der Waals surface area contributed by atoms with Crippen molar-refractivity contribution in [1.82, 2.24) is 5.32 Å². The first kappa shape index (κ1) is 25.0. The summed E-state index contributed by atoms with van der Waals surface area (Å²) in [5, 5.41) is 3.32. The average Bonchev–Trinajstić information content (AvgIpc) is 2.78. The Morgan fingerprint density at radius 1 is 1.19 bits per heavy atom. The number of rotatable bonds is 12. The van der Waals surface area contributed by atoms with Gasteiger partial charge in [-0.05, 0) is 49.8 Å². The fourth-order valence-corrected chi connectivity index (χ4v) is 4.50. The van der Waals surface area contributed by atoms with Crippen LogP contribution >= 0.6 is 0 Å². The fraction of sp³-hybridized carbons (Fsp3) is 0.577. The molecule has 0 aromatic heterocycles. The SMILES string of the molecule is C=C(C)C(CCC(=O)CCC)C(C)C(C)C(=O)c1ccc(N2CCNCC2)cc1C=O. The number of piperazine rings is 1. The van der Waals surface area contributed by atoms with Crippen molar-refractivity contribution >= 4 is 23.5 Å². The van der Waals surface area contributed by atoms with Gasteiger partial charge in [-0.25, -0.2) is 0 Å². The molecule has 1 aliphatic heterocycles. The Morgan fingerprint density at radius 3 is 2.45 bits per heavy atom. The van der Waals surface area contributed by atoms with Crippen LogP contribution in [-0.2, 0) is 4.79 Å².